The van der Waals surface area contributed by atoms with E-state index in [4.69, 9.17) is 9.97 Å². The number of thiophene rings is 1. The van der Waals surface area contributed by atoms with E-state index in [1.165, 1.54) is 35.1 Å². The number of piperazine rings is 1. The van der Waals surface area contributed by atoms with Crippen LogP contribution in [0, 0.1) is 5.82 Å². The third kappa shape index (κ3) is 3.65. The Hall–Kier alpha value is -2.25. The fourth-order valence-corrected chi connectivity index (χ4v) is 5.91. The van der Waals surface area contributed by atoms with Crippen molar-refractivity contribution in [2.75, 3.05) is 50.1 Å². The molecule has 0 spiro atoms. The van der Waals surface area contributed by atoms with E-state index in [2.05, 4.69) is 28.8 Å². The van der Waals surface area contributed by atoms with E-state index >= 15 is 0 Å². The summed E-state index contributed by atoms with van der Waals surface area (Å²) in [5.41, 5.74) is 2.18. The molecule has 0 N–H and O–H groups in total. The van der Waals surface area contributed by atoms with Gasteiger partial charge in [0.15, 0.2) is 0 Å². The summed E-state index contributed by atoms with van der Waals surface area (Å²) in [7, 11) is 4.11. The monoisotopic (exact) mass is 425 g/mol. The van der Waals surface area contributed by atoms with Crippen LogP contribution < -0.4 is 9.80 Å². The number of fused-ring (bicyclic) bond motifs is 3. The van der Waals surface area contributed by atoms with E-state index in [9.17, 15) is 4.39 Å². The molecule has 2 aliphatic rings. The van der Waals surface area contributed by atoms with Gasteiger partial charge in [0.05, 0.1) is 17.6 Å². The van der Waals surface area contributed by atoms with Crippen LogP contribution in [-0.2, 0) is 19.4 Å². The van der Waals surface area contributed by atoms with E-state index in [1.807, 2.05) is 23.5 Å². The van der Waals surface area contributed by atoms with Crippen LogP contribution in [0.5, 0.6) is 0 Å². The minimum Gasteiger partial charge on any atom is -0.366 e. The van der Waals surface area contributed by atoms with Crippen molar-refractivity contribution in [2.45, 2.75) is 32.2 Å². The molecule has 0 amide bonds. The molecule has 0 radical (unpaired) electrons. The zero-order valence-corrected chi connectivity index (χ0v) is 18.5. The summed E-state index contributed by atoms with van der Waals surface area (Å²) in [6.45, 7) is 4.00. The fourth-order valence-electron chi connectivity index (χ4n) is 4.63. The van der Waals surface area contributed by atoms with Gasteiger partial charge in [0, 0.05) is 31.1 Å². The van der Waals surface area contributed by atoms with Crippen LogP contribution in [0.15, 0.2) is 24.3 Å². The number of nitrogens with zero attached hydrogens (tertiary/aromatic N) is 5. The molecule has 3 aromatic rings. The van der Waals surface area contributed by atoms with Crippen LogP contribution in [0.3, 0.4) is 0 Å². The summed E-state index contributed by atoms with van der Waals surface area (Å²) < 4.78 is 14.2. The minimum absolute atomic E-state index is 0.143. The van der Waals surface area contributed by atoms with Gasteiger partial charge in [-0.05, 0) is 57.5 Å². The van der Waals surface area contributed by atoms with Gasteiger partial charge in [0.1, 0.15) is 22.3 Å². The number of hydrogen-bond acceptors (Lipinski definition) is 6. The van der Waals surface area contributed by atoms with Crippen LogP contribution in [0.1, 0.15) is 29.1 Å². The predicted octanol–water partition coefficient (Wildman–Crippen LogP) is 4.10. The van der Waals surface area contributed by atoms with E-state index in [1.54, 1.807) is 12.1 Å². The molecule has 158 valence electrons. The van der Waals surface area contributed by atoms with E-state index in [-0.39, 0.29) is 5.82 Å². The van der Waals surface area contributed by atoms with Gasteiger partial charge in [-0.3, -0.25) is 0 Å². The molecule has 3 heterocycles. The molecule has 5 rings (SSSR count). The van der Waals surface area contributed by atoms with Crippen molar-refractivity contribution in [3.63, 3.8) is 0 Å². The van der Waals surface area contributed by atoms with Gasteiger partial charge in [-0.15, -0.1) is 11.3 Å². The first-order valence-corrected chi connectivity index (χ1v) is 11.6. The Bertz CT molecular complexity index is 1060. The molecule has 1 aliphatic carbocycles. The van der Waals surface area contributed by atoms with Gasteiger partial charge in [0.25, 0.3) is 0 Å². The number of aryl methyl sites for hydroxylation is 2. The highest BCUT2D eigenvalue weighted by Crippen LogP contribution is 2.40. The molecule has 1 saturated heterocycles. The summed E-state index contributed by atoms with van der Waals surface area (Å²) in [5.74, 6) is 1.83. The average Bonchev–Trinajstić information content (AvgIpc) is 3.12. The summed E-state index contributed by atoms with van der Waals surface area (Å²) in [6.07, 6.45) is 4.82. The Balaban J connectivity index is 1.48. The second-order valence-electron chi connectivity index (χ2n) is 8.52. The molecule has 2 aromatic heterocycles. The van der Waals surface area contributed by atoms with Crippen molar-refractivity contribution in [2.24, 2.45) is 0 Å². The summed E-state index contributed by atoms with van der Waals surface area (Å²) >= 11 is 1.86. The number of hydrogen-bond donors (Lipinski definition) is 0. The average molecular weight is 426 g/mol. The van der Waals surface area contributed by atoms with Gasteiger partial charge in [-0.2, -0.15) is 0 Å². The van der Waals surface area contributed by atoms with Crippen LogP contribution in [-0.4, -0.2) is 55.1 Å². The van der Waals surface area contributed by atoms with Gasteiger partial charge >= 0.3 is 0 Å². The van der Waals surface area contributed by atoms with Crippen LogP contribution in [0.25, 0.3) is 10.2 Å². The maximum absolute atomic E-state index is 14.2. The molecule has 30 heavy (non-hydrogen) atoms. The number of benzene rings is 1. The van der Waals surface area contributed by atoms with E-state index in [0.29, 0.717) is 5.69 Å². The van der Waals surface area contributed by atoms with Crippen molar-refractivity contribution < 1.29 is 4.39 Å². The SMILES string of the molecule is CN(C)Cc1nc(N2CCN(c3ccccc3F)CC2)c2c3c(sc2n1)CCCC3. The highest BCUT2D eigenvalue weighted by molar-refractivity contribution is 7.19. The zero-order chi connectivity index (χ0) is 20.7. The Morgan fingerprint density at radius 3 is 2.50 bits per heavy atom. The topological polar surface area (TPSA) is 35.5 Å². The van der Waals surface area contributed by atoms with Gasteiger partial charge < -0.3 is 14.7 Å². The molecule has 1 aromatic carbocycles. The summed E-state index contributed by atoms with van der Waals surface area (Å²) in [6, 6.07) is 7.07. The van der Waals surface area contributed by atoms with Gasteiger partial charge in [0.2, 0.25) is 0 Å². The first-order chi connectivity index (χ1) is 14.6. The smallest absolute Gasteiger partial charge is 0.146 e. The number of anilines is 2. The lowest BCUT2D eigenvalue weighted by Gasteiger charge is -2.37. The van der Waals surface area contributed by atoms with Crippen LogP contribution in [0.4, 0.5) is 15.9 Å². The molecule has 0 saturated carbocycles. The third-order valence-electron chi connectivity index (χ3n) is 6.07. The first-order valence-electron chi connectivity index (χ1n) is 10.8. The van der Waals surface area contributed by atoms with Crippen LogP contribution >= 0.6 is 11.3 Å². The van der Waals surface area contributed by atoms with Crippen molar-refractivity contribution in [1.82, 2.24) is 14.9 Å². The number of para-hydroxylation sites is 1. The van der Waals surface area contributed by atoms with E-state index in [0.717, 1.165) is 55.6 Å². The highest BCUT2D eigenvalue weighted by Gasteiger charge is 2.26. The van der Waals surface area contributed by atoms with Crippen LogP contribution in [0.2, 0.25) is 0 Å². The molecule has 1 aliphatic heterocycles. The largest absolute Gasteiger partial charge is 0.366 e. The second-order valence-corrected chi connectivity index (χ2v) is 9.60. The molecular formula is C23H28FN5S. The number of halogens is 1. The Kier molecular flexibility index (Phi) is 5.33. The molecule has 0 unspecified atom stereocenters. The van der Waals surface area contributed by atoms with E-state index < -0.39 is 0 Å². The molecule has 7 heteroatoms. The zero-order valence-electron chi connectivity index (χ0n) is 17.7. The molecule has 1 fully saturated rings. The number of aromatic nitrogens is 2. The molecule has 0 atom stereocenters. The van der Waals surface area contributed by atoms with Crippen molar-refractivity contribution in [1.29, 1.82) is 0 Å². The standard InChI is InChI=1S/C23H28FN5S/c1-27(2)15-20-25-22(21-16-7-3-6-10-19(16)30-23(21)26-20)29-13-11-28(12-14-29)18-9-5-4-8-17(18)24/h4-5,8-9H,3,6-7,10-15H2,1-2H3. The maximum Gasteiger partial charge on any atom is 0.146 e. The second kappa shape index (κ2) is 8.12. The fraction of sp³-hybridized carbons (Fsp3) is 0.478. The maximum atomic E-state index is 14.2. The van der Waals surface area contributed by atoms with Gasteiger partial charge in [-0.1, -0.05) is 12.1 Å². The lowest BCUT2D eigenvalue weighted by molar-refractivity contribution is 0.391. The van der Waals surface area contributed by atoms with Crippen molar-refractivity contribution in [3.05, 3.63) is 46.3 Å². The summed E-state index contributed by atoms with van der Waals surface area (Å²) in [4.78, 5) is 19.3. The third-order valence-corrected chi connectivity index (χ3v) is 7.26. The Morgan fingerprint density at radius 2 is 1.73 bits per heavy atom. The minimum atomic E-state index is -0.143. The first kappa shape index (κ1) is 19.7. The van der Waals surface area contributed by atoms with Crippen molar-refractivity contribution >= 4 is 33.1 Å². The summed E-state index contributed by atoms with van der Waals surface area (Å²) in [5, 5.41) is 1.27. The Labute approximate surface area is 181 Å². The lowest BCUT2D eigenvalue weighted by Crippen LogP contribution is -2.47. The molecule has 5 nitrogen and oxygen atoms in total. The predicted molar refractivity (Wildman–Crippen MR) is 122 cm³/mol. The Morgan fingerprint density at radius 1 is 1.00 bits per heavy atom. The normalized spacial score (nSPS) is 17.1. The molecule has 0 bridgehead atoms. The quantitative estimate of drug-likeness (QED) is 0.629. The number of rotatable bonds is 4. The lowest BCUT2D eigenvalue weighted by atomic mass is 9.97. The molecular weight excluding hydrogens is 397 g/mol. The van der Waals surface area contributed by atoms with Crippen molar-refractivity contribution in [3.8, 4) is 0 Å². The highest BCUT2D eigenvalue weighted by atomic mass is 32.1. The van der Waals surface area contributed by atoms with Gasteiger partial charge in [-0.25, -0.2) is 14.4 Å².